The van der Waals surface area contributed by atoms with Crippen molar-refractivity contribution < 1.29 is 4.79 Å². The van der Waals surface area contributed by atoms with Crippen LogP contribution in [0.3, 0.4) is 0 Å². The van der Waals surface area contributed by atoms with Crippen molar-refractivity contribution in [3.63, 3.8) is 0 Å². The fourth-order valence-electron chi connectivity index (χ4n) is 2.57. The summed E-state index contributed by atoms with van der Waals surface area (Å²) < 4.78 is 3.36. The van der Waals surface area contributed by atoms with Gasteiger partial charge in [-0.2, -0.15) is 4.68 Å². The van der Waals surface area contributed by atoms with Crippen molar-refractivity contribution in [3.8, 4) is 5.69 Å². The molecule has 9 heteroatoms. The number of aryl methyl sites for hydroxylation is 1. The minimum atomic E-state index is -0.238. The first-order chi connectivity index (χ1) is 12.2. The van der Waals surface area contributed by atoms with Crippen molar-refractivity contribution in [2.45, 2.75) is 13.5 Å². The van der Waals surface area contributed by atoms with Gasteiger partial charge in [0.1, 0.15) is 0 Å². The molecule has 25 heavy (non-hydrogen) atoms. The number of amides is 1. The summed E-state index contributed by atoms with van der Waals surface area (Å²) in [5.41, 5.74) is 1.83. The van der Waals surface area contributed by atoms with E-state index in [1.54, 1.807) is 25.1 Å². The fourth-order valence-corrected chi connectivity index (χ4v) is 2.57. The molecule has 3 aromatic heterocycles. The number of carbonyl (C=O) groups excluding carboxylic acids is 1. The number of nitrogens with zero attached hydrogens (tertiary/aromatic N) is 7. The maximum absolute atomic E-state index is 12.7. The van der Waals surface area contributed by atoms with Crippen LogP contribution in [0.2, 0.25) is 0 Å². The molecule has 9 nitrogen and oxygen atoms in total. The molecular formula is C16H14N8O. The summed E-state index contributed by atoms with van der Waals surface area (Å²) in [4.78, 5) is 12.7. The number of nitrogens with one attached hydrogen (secondary N) is 1. The Balaban J connectivity index is 1.59. The number of rotatable bonds is 4. The van der Waals surface area contributed by atoms with Crippen LogP contribution < -0.4 is 5.32 Å². The van der Waals surface area contributed by atoms with Crippen molar-refractivity contribution in [2.24, 2.45) is 0 Å². The maximum atomic E-state index is 12.7. The molecule has 0 unspecified atom stereocenters. The molecule has 0 spiro atoms. The highest BCUT2D eigenvalue weighted by Gasteiger charge is 2.15. The lowest BCUT2D eigenvalue weighted by atomic mass is 10.1. The maximum Gasteiger partial charge on any atom is 0.253 e. The molecule has 0 saturated heterocycles. The Labute approximate surface area is 142 Å². The van der Waals surface area contributed by atoms with E-state index in [9.17, 15) is 4.79 Å². The highest BCUT2D eigenvalue weighted by Crippen LogP contribution is 2.14. The highest BCUT2D eigenvalue weighted by molar-refractivity contribution is 5.97. The summed E-state index contributed by atoms with van der Waals surface area (Å²) in [5.74, 6) is 1.02. The fraction of sp³-hybridized carbons (Fsp3) is 0.125. The second-order valence-corrected chi connectivity index (χ2v) is 5.38. The third-order valence-electron chi connectivity index (χ3n) is 3.79. The van der Waals surface area contributed by atoms with Gasteiger partial charge in [-0.05, 0) is 41.6 Å². The molecule has 0 bridgehead atoms. The van der Waals surface area contributed by atoms with Crippen LogP contribution in [0.15, 0.2) is 48.7 Å². The number of tetrazole rings is 1. The van der Waals surface area contributed by atoms with Crippen molar-refractivity contribution >= 4 is 11.6 Å². The van der Waals surface area contributed by atoms with Crippen molar-refractivity contribution in [1.29, 1.82) is 0 Å². The lowest BCUT2D eigenvalue weighted by Crippen LogP contribution is -2.25. The number of hydrogen-bond acceptors (Lipinski definition) is 6. The smallest absolute Gasteiger partial charge is 0.253 e. The van der Waals surface area contributed by atoms with Crippen LogP contribution in [-0.4, -0.2) is 40.7 Å². The number of benzene rings is 1. The van der Waals surface area contributed by atoms with Crippen LogP contribution in [-0.2, 0) is 6.54 Å². The van der Waals surface area contributed by atoms with Gasteiger partial charge < -0.3 is 5.32 Å². The van der Waals surface area contributed by atoms with Gasteiger partial charge in [-0.3, -0.25) is 9.20 Å². The molecule has 4 aromatic rings. The molecule has 1 N–H and O–H groups in total. The standard InChI is InChI=1S/C16H14N8O/c1-11-18-21-22-24(11)13-7-3-2-6-12(13)16(25)17-10-15-20-19-14-8-4-5-9-23(14)15/h2-9H,10H2,1H3,(H,17,25). The van der Waals surface area contributed by atoms with E-state index < -0.39 is 0 Å². The summed E-state index contributed by atoms with van der Waals surface area (Å²) in [6.45, 7) is 2.03. The molecule has 0 saturated carbocycles. The zero-order valence-corrected chi connectivity index (χ0v) is 13.4. The normalized spacial score (nSPS) is 10.9. The average molecular weight is 334 g/mol. The summed E-state index contributed by atoms with van der Waals surface area (Å²) in [6, 6.07) is 12.8. The molecule has 124 valence electrons. The topological polar surface area (TPSA) is 103 Å². The van der Waals surface area contributed by atoms with E-state index in [2.05, 4.69) is 31.0 Å². The molecule has 0 aliphatic carbocycles. The van der Waals surface area contributed by atoms with E-state index in [1.807, 2.05) is 34.9 Å². The van der Waals surface area contributed by atoms with Crippen molar-refractivity contribution in [2.75, 3.05) is 0 Å². The van der Waals surface area contributed by atoms with Crippen LogP contribution >= 0.6 is 0 Å². The van der Waals surface area contributed by atoms with Gasteiger partial charge >= 0.3 is 0 Å². The zero-order valence-electron chi connectivity index (χ0n) is 13.4. The predicted octanol–water partition coefficient (Wildman–Crippen LogP) is 0.943. The van der Waals surface area contributed by atoms with Crippen LogP contribution in [0.4, 0.5) is 0 Å². The van der Waals surface area contributed by atoms with E-state index in [-0.39, 0.29) is 12.5 Å². The Bertz CT molecular complexity index is 1050. The second-order valence-electron chi connectivity index (χ2n) is 5.38. The average Bonchev–Trinajstić information content (AvgIpc) is 3.26. The SMILES string of the molecule is Cc1nnnn1-c1ccccc1C(=O)NCc1nnc2ccccn12. The Hall–Kier alpha value is -3.62. The number of fused-ring (bicyclic) bond motifs is 1. The van der Waals surface area contributed by atoms with Gasteiger partial charge in [0.15, 0.2) is 17.3 Å². The van der Waals surface area contributed by atoms with Crippen molar-refractivity contribution in [1.82, 2.24) is 40.1 Å². The summed E-state index contributed by atoms with van der Waals surface area (Å²) in [6.07, 6.45) is 1.86. The Morgan fingerprint density at radius 2 is 1.92 bits per heavy atom. The van der Waals surface area contributed by atoms with E-state index in [0.29, 0.717) is 22.9 Å². The third kappa shape index (κ3) is 2.71. The van der Waals surface area contributed by atoms with E-state index in [4.69, 9.17) is 0 Å². The van der Waals surface area contributed by atoms with Gasteiger partial charge in [-0.1, -0.05) is 18.2 Å². The first-order valence-electron chi connectivity index (χ1n) is 7.65. The Morgan fingerprint density at radius 1 is 1.08 bits per heavy atom. The van der Waals surface area contributed by atoms with Crippen LogP contribution in [0.5, 0.6) is 0 Å². The lowest BCUT2D eigenvalue weighted by Gasteiger charge is -2.09. The first kappa shape index (κ1) is 14.9. The molecule has 0 aliphatic rings. The zero-order chi connectivity index (χ0) is 17.2. The monoisotopic (exact) mass is 334 g/mol. The quantitative estimate of drug-likeness (QED) is 0.596. The van der Waals surface area contributed by atoms with Crippen LogP contribution in [0, 0.1) is 6.92 Å². The predicted molar refractivity (Wildman–Crippen MR) is 88.0 cm³/mol. The second kappa shape index (κ2) is 6.11. The van der Waals surface area contributed by atoms with Gasteiger partial charge in [0.25, 0.3) is 5.91 Å². The molecular weight excluding hydrogens is 320 g/mol. The third-order valence-corrected chi connectivity index (χ3v) is 3.79. The van der Waals surface area contributed by atoms with Gasteiger partial charge in [0, 0.05) is 6.20 Å². The molecule has 3 heterocycles. The Morgan fingerprint density at radius 3 is 2.76 bits per heavy atom. The number of para-hydroxylation sites is 1. The molecule has 0 atom stereocenters. The van der Waals surface area contributed by atoms with Gasteiger partial charge in [0.05, 0.1) is 17.8 Å². The van der Waals surface area contributed by atoms with Crippen LogP contribution in [0.25, 0.3) is 11.3 Å². The number of aromatic nitrogens is 7. The molecule has 1 amide bonds. The van der Waals surface area contributed by atoms with E-state index >= 15 is 0 Å². The highest BCUT2D eigenvalue weighted by atomic mass is 16.1. The molecule has 0 aliphatic heterocycles. The minimum absolute atomic E-state index is 0.238. The number of carbonyl (C=O) groups is 1. The van der Waals surface area contributed by atoms with Gasteiger partial charge in [-0.15, -0.1) is 15.3 Å². The summed E-state index contributed by atoms with van der Waals surface area (Å²) in [5, 5.41) is 22.5. The first-order valence-corrected chi connectivity index (χ1v) is 7.65. The van der Waals surface area contributed by atoms with Crippen LogP contribution in [0.1, 0.15) is 22.0 Å². The van der Waals surface area contributed by atoms with Gasteiger partial charge in [0.2, 0.25) is 0 Å². The molecule has 0 radical (unpaired) electrons. The van der Waals surface area contributed by atoms with E-state index in [0.717, 1.165) is 5.65 Å². The largest absolute Gasteiger partial charge is 0.345 e. The lowest BCUT2D eigenvalue weighted by molar-refractivity contribution is 0.0949. The number of hydrogen-bond donors (Lipinski definition) is 1. The summed E-state index contributed by atoms with van der Waals surface area (Å²) >= 11 is 0. The molecule has 0 fully saturated rings. The minimum Gasteiger partial charge on any atom is -0.345 e. The van der Waals surface area contributed by atoms with Gasteiger partial charge in [-0.25, -0.2) is 0 Å². The van der Waals surface area contributed by atoms with Crippen molar-refractivity contribution in [3.05, 3.63) is 65.9 Å². The molecule has 4 rings (SSSR count). The summed E-state index contributed by atoms with van der Waals surface area (Å²) in [7, 11) is 0. The number of pyridine rings is 1. The Kier molecular flexibility index (Phi) is 3.65. The van der Waals surface area contributed by atoms with E-state index in [1.165, 1.54) is 4.68 Å². The molecule has 1 aromatic carbocycles.